The lowest BCUT2D eigenvalue weighted by Gasteiger charge is -2.41. The summed E-state index contributed by atoms with van der Waals surface area (Å²) in [7, 11) is 0. The Morgan fingerprint density at radius 2 is 1.50 bits per heavy atom. The van der Waals surface area contributed by atoms with E-state index < -0.39 is 48.6 Å². The zero-order valence-corrected chi connectivity index (χ0v) is 12.6. The Labute approximate surface area is 126 Å². The van der Waals surface area contributed by atoms with E-state index in [1.54, 1.807) is 6.92 Å². The Kier molecular flexibility index (Phi) is 6.14. The standard InChI is InChI=1S/C12H17N3O7/c1-5-10(20-6(2)16)11(21-7(3)17)9(14-15-13)12(19-5)22-8(4)18/h5,9-12H,1-4H3/t5-,9-,10+,11-,12?/m0/s1. The molecule has 1 fully saturated rings. The van der Waals surface area contributed by atoms with Crippen LogP contribution in [0, 0.1) is 0 Å². The van der Waals surface area contributed by atoms with E-state index in [9.17, 15) is 14.4 Å². The normalized spacial score (nSPS) is 30.6. The SMILES string of the molecule is CC(=O)OC1O[C@@H](C)[C@@H](OC(C)=O)[C@@H](OC(C)=O)[C@@H]1N=[N+]=[N-]. The van der Waals surface area contributed by atoms with Crippen molar-refractivity contribution in [2.75, 3.05) is 0 Å². The summed E-state index contributed by atoms with van der Waals surface area (Å²) >= 11 is 0. The predicted octanol–water partition coefficient (Wildman–Crippen LogP) is 0.837. The summed E-state index contributed by atoms with van der Waals surface area (Å²) in [6.07, 6.45) is -4.13. The molecule has 0 N–H and O–H groups in total. The van der Waals surface area contributed by atoms with Crippen molar-refractivity contribution in [2.24, 2.45) is 5.11 Å². The van der Waals surface area contributed by atoms with Crippen LogP contribution in [-0.4, -0.2) is 48.6 Å². The number of carbonyl (C=O) groups excluding carboxylic acids is 3. The first-order valence-corrected chi connectivity index (χ1v) is 6.47. The van der Waals surface area contributed by atoms with Crippen LogP contribution >= 0.6 is 0 Å². The molecule has 22 heavy (non-hydrogen) atoms. The van der Waals surface area contributed by atoms with Gasteiger partial charge in [-0.15, -0.1) is 0 Å². The molecular weight excluding hydrogens is 298 g/mol. The molecule has 10 heteroatoms. The van der Waals surface area contributed by atoms with Crippen molar-refractivity contribution in [3.05, 3.63) is 10.4 Å². The van der Waals surface area contributed by atoms with Crippen LogP contribution in [0.1, 0.15) is 27.7 Å². The Morgan fingerprint density at radius 3 is 1.95 bits per heavy atom. The second-order valence-corrected chi connectivity index (χ2v) is 4.66. The third-order valence-electron chi connectivity index (χ3n) is 2.82. The van der Waals surface area contributed by atoms with E-state index >= 15 is 0 Å². The van der Waals surface area contributed by atoms with Crippen LogP contribution in [0.4, 0.5) is 0 Å². The Hall–Kier alpha value is -2.32. The molecular formula is C12H17N3O7. The van der Waals surface area contributed by atoms with Crippen LogP contribution in [0.3, 0.4) is 0 Å². The molecule has 0 amide bonds. The minimum atomic E-state index is -1.25. The maximum Gasteiger partial charge on any atom is 0.304 e. The van der Waals surface area contributed by atoms with Crippen LogP contribution in [-0.2, 0) is 33.3 Å². The molecule has 0 aromatic rings. The summed E-state index contributed by atoms with van der Waals surface area (Å²) < 4.78 is 20.5. The van der Waals surface area contributed by atoms with E-state index in [1.807, 2.05) is 0 Å². The van der Waals surface area contributed by atoms with E-state index in [2.05, 4.69) is 10.0 Å². The first-order valence-electron chi connectivity index (χ1n) is 6.47. The van der Waals surface area contributed by atoms with E-state index in [-0.39, 0.29) is 0 Å². The van der Waals surface area contributed by atoms with Crippen molar-refractivity contribution in [3.8, 4) is 0 Å². The molecule has 0 spiro atoms. The lowest BCUT2D eigenvalue weighted by Crippen LogP contribution is -2.59. The maximum absolute atomic E-state index is 11.3. The van der Waals surface area contributed by atoms with E-state index in [0.717, 1.165) is 13.8 Å². The maximum atomic E-state index is 11.3. The number of azide groups is 1. The largest absolute Gasteiger partial charge is 0.458 e. The van der Waals surface area contributed by atoms with Gasteiger partial charge in [-0.05, 0) is 12.5 Å². The summed E-state index contributed by atoms with van der Waals surface area (Å²) in [5.74, 6) is -1.96. The molecule has 1 aliphatic rings. The number of rotatable bonds is 4. The average molecular weight is 315 g/mol. The quantitative estimate of drug-likeness (QED) is 0.246. The summed E-state index contributed by atoms with van der Waals surface area (Å²) in [6.45, 7) is 5.03. The van der Waals surface area contributed by atoms with Crippen molar-refractivity contribution in [3.63, 3.8) is 0 Å². The number of ether oxygens (including phenoxy) is 4. The first kappa shape index (κ1) is 17.7. The van der Waals surface area contributed by atoms with Crippen LogP contribution in [0.2, 0.25) is 0 Å². The highest BCUT2D eigenvalue weighted by Crippen LogP contribution is 2.29. The summed E-state index contributed by atoms with van der Waals surface area (Å²) in [4.78, 5) is 36.2. The summed E-state index contributed by atoms with van der Waals surface area (Å²) in [5, 5.41) is 3.45. The predicted molar refractivity (Wildman–Crippen MR) is 70.1 cm³/mol. The van der Waals surface area contributed by atoms with Gasteiger partial charge in [0.1, 0.15) is 6.04 Å². The smallest absolute Gasteiger partial charge is 0.304 e. The molecule has 0 radical (unpaired) electrons. The highest BCUT2D eigenvalue weighted by Gasteiger charge is 2.49. The molecule has 1 saturated heterocycles. The highest BCUT2D eigenvalue weighted by molar-refractivity contribution is 5.68. The molecule has 1 unspecified atom stereocenters. The van der Waals surface area contributed by atoms with E-state index in [1.165, 1.54) is 6.92 Å². The molecule has 1 aliphatic heterocycles. The fraction of sp³-hybridized carbons (Fsp3) is 0.750. The van der Waals surface area contributed by atoms with Gasteiger partial charge in [-0.3, -0.25) is 14.4 Å². The minimum absolute atomic E-state index is 0.622. The average Bonchev–Trinajstić information content (AvgIpc) is 2.36. The van der Waals surface area contributed by atoms with Gasteiger partial charge in [-0.1, -0.05) is 5.11 Å². The molecule has 0 bridgehead atoms. The molecule has 5 atom stereocenters. The highest BCUT2D eigenvalue weighted by atomic mass is 16.7. The third-order valence-corrected chi connectivity index (χ3v) is 2.82. The molecule has 1 rings (SSSR count). The topological polar surface area (TPSA) is 137 Å². The molecule has 122 valence electrons. The summed E-state index contributed by atoms with van der Waals surface area (Å²) in [5.41, 5.74) is 8.67. The fourth-order valence-corrected chi connectivity index (χ4v) is 2.11. The van der Waals surface area contributed by atoms with Crippen LogP contribution in [0.5, 0.6) is 0 Å². The first-order chi connectivity index (χ1) is 10.3. The van der Waals surface area contributed by atoms with Gasteiger partial charge in [-0.2, -0.15) is 0 Å². The number of carbonyl (C=O) groups is 3. The van der Waals surface area contributed by atoms with E-state index in [4.69, 9.17) is 24.5 Å². The van der Waals surface area contributed by atoms with Crippen LogP contribution in [0.25, 0.3) is 10.4 Å². The van der Waals surface area contributed by atoms with Crippen molar-refractivity contribution >= 4 is 17.9 Å². The second kappa shape index (κ2) is 7.62. The summed E-state index contributed by atoms with van der Waals surface area (Å²) in [6, 6.07) is -1.18. The minimum Gasteiger partial charge on any atom is -0.458 e. The Balaban J connectivity index is 3.16. The van der Waals surface area contributed by atoms with Crippen LogP contribution < -0.4 is 0 Å². The monoisotopic (exact) mass is 315 g/mol. The zero-order chi connectivity index (χ0) is 16.9. The van der Waals surface area contributed by atoms with Crippen molar-refractivity contribution in [1.82, 2.24) is 0 Å². The Morgan fingerprint density at radius 1 is 1.00 bits per heavy atom. The van der Waals surface area contributed by atoms with Gasteiger partial charge in [0.25, 0.3) is 0 Å². The van der Waals surface area contributed by atoms with Gasteiger partial charge in [0.2, 0.25) is 6.29 Å². The van der Waals surface area contributed by atoms with Crippen molar-refractivity contribution in [2.45, 2.75) is 58.3 Å². The van der Waals surface area contributed by atoms with Gasteiger partial charge in [-0.25, -0.2) is 0 Å². The van der Waals surface area contributed by atoms with Gasteiger partial charge in [0.05, 0.1) is 6.10 Å². The fourth-order valence-electron chi connectivity index (χ4n) is 2.11. The second-order valence-electron chi connectivity index (χ2n) is 4.66. The van der Waals surface area contributed by atoms with Crippen molar-refractivity contribution < 1.29 is 33.3 Å². The number of hydrogen-bond acceptors (Lipinski definition) is 8. The zero-order valence-electron chi connectivity index (χ0n) is 12.6. The molecule has 1 heterocycles. The van der Waals surface area contributed by atoms with Crippen LogP contribution in [0.15, 0.2) is 5.11 Å². The van der Waals surface area contributed by atoms with Gasteiger partial charge in [0, 0.05) is 25.7 Å². The lowest BCUT2D eigenvalue weighted by molar-refractivity contribution is -0.257. The lowest BCUT2D eigenvalue weighted by atomic mass is 9.97. The molecule has 0 aromatic carbocycles. The molecule has 0 aromatic heterocycles. The molecule has 0 aliphatic carbocycles. The third kappa shape index (κ3) is 4.61. The Bertz CT molecular complexity index is 503. The number of nitrogens with zero attached hydrogens (tertiary/aromatic N) is 3. The molecule has 10 nitrogen and oxygen atoms in total. The number of esters is 3. The van der Waals surface area contributed by atoms with Gasteiger partial charge in [0.15, 0.2) is 12.2 Å². The van der Waals surface area contributed by atoms with Gasteiger partial charge < -0.3 is 18.9 Å². The van der Waals surface area contributed by atoms with E-state index in [0.29, 0.717) is 0 Å². The van der Waals surface area contributed by atoms with Gasteiger partial charge >= 0.3 is 17.9 Å². The molecule has 0 saturated carbocycles. The number of hydrogen-bond donors (Lipinski definition) is 0. The van der Waals surface area contributed by atoms with Crippen molar-refractivity contribution in [1.29, 1.82) is 0 Å².